The van der Waals surface area contributed by atoms with Crippen LogP contribution in [0.4, 0.5) is 0 Å². The van der Waals surface area contributed by atoms with Crippen molar-refractivity contribution in [3.8, 4) is 0 Å². The van der Waals surface area contributed by atoms with Gasteiger partial charge in [0.1, 0.15) is 0 Å². The number of rotatable bonds is 4. The molecule has 2 atom stereocenters. The van der Waals surface area contributed by atoms with E-state index in [2.05, 4.69) is 11.6 Å². The number of halogens is 1. The topological polar surface area (TPSA) is 75.4 Å². The first-order chi connectivity index (χ1) is 7.36. The maximum absolute atomic E-state index is 12.0. The first-order valence-electron chi connectivity index (χ1n) is 5.86. The van der Waals surface area contributed by atoms with Gasteiger partial charge >= 0.3 is 0 Å². The van der Waals surface area contributed by atoms with Gasteiger partial charge in [-0.2, -0.15) is 17.4 Å². The largest absolute Gasteiger partial charge is 0.329 e. The first-order valence-corrected chi connectivity index (χ1v) is 7.30. The Labute approximate surface area is 111 Å². The van der Waals surface area contributed by atoms with Gasteiger partial charge in [-0.05, 0) is 32.6 Å². The third kappa shape index (κ3) is 4.71. The number of nitrogens with zero attached hydrogens (tertiary/aromatic N) is 1. The maximum atomic E-state index is 12.0. The second kappa shape index (κ2) is 6.89. The molecule has 0 aromatic heterocycles. The van der Waals surface area contributed by atoms with Gasteiger partial charge in [-0.1, -0.05) is 6.92 Å². The molecule has 0 bridgehead atoms. The minimum Gasteiger partial charge on any atom is -0.329 e. The standard InChI is InChI=1S/C10H23N3O2S.ClH/c1-8(2)12-16(14,15)13-5-4-9(3)6-10(13)7-11;/h8-10,12H,4-7,11H2,1-3H3;1H. The Kier molecular flexibility index (Phi) is 6.94. The highest BCUT2D eigenvalue weighted by atomic mass is 35.5. The van der Waals surface area contributed by atoms with Crippen molar-refractivity contribution in [3.05, 3.63) is 0 Å². The highest BCUT2D eigenvalue weighted by Gasteiger charge is 2.33. The molecule has 0 amide bonds. The van der Waals surface area contributed by atoms with Crippen molar-refractivity contribution in [2.24, 2.45) is 11.7 Å². The van der Waals surface area contributed by atoms with E-state index >= 15 is 0 Å². The summed E-state index contributed by atoms with van der Waals surface area (Å²) in [6.45, 7) is 6.75. The van der Waals surface area contributed by atoms with E-state index in [-0.39, 0.29) is 24.5 Å². The zero-order valence-electron chi connectivity index (χ0n) is 10.7. The second-order valence-corrected chi connectivity index (χ2v) is 6.56. The molecule has 7 heteroatoms. The molecule has 5 nitrogen and oxygen atoms in total. The van der Waals surface area contributed by atoms with Crippen LogP contribution in [0, 0.1) is 5.92 Å². The van der Waals surface area contributed by atoms with E-state index in [1.165, 1.54) is 4.31 Å². The molecular weight excluding hydrogens is 262 g/mol. The number of piperidine rings is 1. The molecule has 1 aliphatic rings. The lowest BCUT2D eigenvalue weighted by Gasteiger charge is -2.37. The van der Waals surface area contributed by atoms with E-state index in [4.69, 9.17) is 5.73 Å². The van der Waals surface area contributed by atoms with Crippen molar-refractivity contribution >= 4 is 22.6 Å². The van der Waals surface area contributed by atoms with Crippen LogP contribution in [-0.4, -0.2) is 37.9 Å². The minimum absolute atomic E-state index is 0. The number of nitrogens with two attached hydrogens (primary N) is 1. The van der Waals surface area contributed by atoms with Crippen LogP contribution in [0.1, 0.15) is 33.6 Å². The zero-order valence-corrected chi connectivity index (χ0v) is 12.4. The average molecular weight is 286 g/mol. The predicted molar refractivity (Wildman–Crippen MR) is 72.4 cm³/mol. The molecule has 1 fully saturated rings. The van der Waals surface area contributed by atoms with Crippen LogP contribution < -0.4 is 10.5 Å². The summed E-state index contributed by atoms with van der Waals surface area (Å²) in [5.41, 5.74) is 5.65. The normalized spacial score (nSPS) is 26.9. The van der Waals surface area contributed by atoms with E-state index in [9.17, 15) is 8.42 Å². The quantitative estimate of drug-likeness (QED) is 0.799. The molecule has 3 N–H and O–H groups in total. The Hall–Kier alpha value is 0.120. The molecule has 1 saturated heterocycles. The molecule has 0 spiro atoms. The van der Waals surface area contributed by atoms with Gasteiger partial charge in [0.25, 0.3) is 10.2 Å². The lowest BCUT2D eigenvalue weighted by molar-refractivity contribution is 0.208. The zero-order chi connectivity index (χ0) is 12.3. The fraction of sp³-hybridized carbons (Fsp3) is 1.00. The van der Waals surface area contributed by atoms with Crippen molar-refractivity contribution in [1.82, 2.24) is 9.03 Å². The van der Waals surface area contributed by atoms with Crippen molar-refractivity contribution in [3.63, 3.8) is 0 Å². The van der Waals surface area contributed by atoms with Gasteiger partial charge in [-0.3, -0.25) is 0 Å². The minimum atomic E-state index is -3.36. The Morgan fingerprint density at radius 3 is 2.53 bits per heavy atom. The van der Waals surface area contributed by atoms with Crippen molar-refractivity contribution < 1.29 is 8.42 Å². The van der Waals surface area contributed by atoms with E-state index in [0.717, 1.165) is 12.8 Å². The van der Waals surface area contributed by atoms with E-state index in [1.807, 2.05) is 13.8 Å². The first kappa shape index (κ1) is 17.1. The fourth-order valence-corrected chi connectivity index (χ4v) is 3.77. The monoisotopic (exact) mass is 285 g/mol. The summed E-state index contributed by atoms with van der Waals surface area (Å²) in [5, 5.41) is 0. The van der Waals surface area contributed by atoms with Gasteiger partial charge in [-0.15, -0.1) is 12.4 Å². The molecule has 0 aromatic carbocycles. The fourth-order valence-electron chi connectivity index (χ4n) is 2.13. The second-order valence-electron chi connectivity index (χ2n) is 4.91. The molecule has 1 heterocycles. The molecule has 104 valence electrons. The number of hydrogen-bond acceptors (Lipinski definition) is 3. The number of hydrogen-bond donors (Lipinski definition) is 2. The van der Waals surface area contributed by atoms with E-state index in [0.29, 0.717) is 19.0 Å². The van der Waals surface area contributed by atoms with Crippen LogP contribution >= 0.6 is 12.4 Å². The lowest BCUT2D eigenvalue weighted by Crippen LogP contribution is -2.54. The van der Waals surface area contributed by atoms with Crippen LogP contribution in [0.15, 0.2) is 0 Å². The van der Waals surface area contributed by atoms with Gasteiger partial charge in [0.05, 0.1) is 0 Å². The molecule has 1 aliphatic heterocycles. The Bertz CT molecular complexity index is 322. The predicted octanol–water partition coefficient (Wildman–Crippen LogP) is 0.710. The van der Waals surface area contributed by atoms with Gasteiger partial charge in [0.15, 0.2) is 0 Å². The van der Waals surface area contributed by atoms with Gasteiger partial charge in [-0.25, -0.2) is 0 Å². The average Bonchev–Trinajstić information content (AvgIpc) is 2.15. The molecule has 2 unspecified atom stereocenters. The van der Waals surface area contributed by atoms with Crippen molar-refractivity contribution in [2.75, 3.05) is 13.1 Å². The number of nitrogens with one attached hydrogen (secondary N) is 1. The molecule has 0 radical (unpaired) electrons. The molecule has 0 aromatic rings. The van der Waals surface area contributed by atoms with Crippen LogP contribution in [0.5, 0.6) is 0 Å². The van der Waals surface area contributed by atoms with Gasteiger partial charge in [0, 0.05) is 25.2 Å². The molecule has 0 saturated carbocycles. The highest BCUT2D eigenvalue weighted by Crippen LogP contribution is 2.23. The van der Waals surface area contributed by atoms with Crippen molar-refractivity contribution in [1.29, 1.82) is 0 Å². The maximum Gasteiger partial charge on any atom is 0.279 e. The van der Waals surface area contributed by atoms with Crippen LogP contribution in [0.3, 0.4) is 0 Å². The van der Waals surface area contributed by atoms with Crippen LogP contribution in [0.25, 0.3) is 0 Å². The van der Waals surface area contributed by atoms with Crippen molar-refractivity contribution in [2.45, 2.75) is 45.7 Å². The summed E-state index contributed by atoms with van der Waals surface area (Å²) in [5.74, 6) is 0.555. The third-order valence-electron chi connectivity index (χ3n) is 2.89. The summed E-state index contributed by atoms with van der Waals surface area (Å²) in [4.78, 5) is 0. The summed E-state index contributed by atoms with van der Waals surface area (Å²) in [6, 6.07) is -0.136. The third-order valence-corrected chi connectivity index (χ3v) is 4.76. The Morgan fingerprint density at radius 2 is 2.06 bits per heavy atom. The molecule has 1 rings (SSSR count). The Morgan fingerprint density at radius 1 is 1.47 bits per heavy atom. The summed E-state index contributed by atoms with van der Waals surface area (Å²) in [7, 11) is -3.36. The van der Waals surface area contributed by atoms with E-state index in [1.54, 1.807) is 0 Å². The van der Waals surface area contributed by atoms with Gasteiger partial charge < -0.3 is 5.73 Å². The summed E-state index contributed by atoms with van der Waals surface area (Å²) >= 11 is 0. The SMILES string of the molecule is CC1CCN(S(=O)(=O)NC(C)C)C(CN)C1.Cl. The molecule has 17 heavy (non-hydrogen) atoms. The summed E-state index contributed by atoms with van der Waals surface area (Å²) in [6.07, 6.45) is 1.77. The van der Waals surface area contributed by atoms with Crippen LogP contribution in [0.2, 0.25) is 0 Å². The van der Waals surface area contributed by atoms with E-state index < -0.39 is 10.2 Å². The molecule has 0 aliphatic carbocycles. The smallest absolute Gasteiger partial charge is 0.279 e. The highest BCUT2D eigenvalue weighted by molar-refractivity contribution is 7.87. The van der Waals surface area contributed by atoms with Crippen LogP contribution in [-0.2, 0) is 10.2 Å². The lowest BCUT2D eigenvalue weighted by atomic mass is 9.94. The Balaban J connectivity index is 0.00000256. The molecular formula is C10H24ClN3O2S. The summed E-state index contributed by atoms with van der Waals surface area (Å²) < 4.78 is 28.2. The van der Waals surface area contributed by atoms with Gasteiger partial charge in [0.2, 0.25) is 0 Å².